The third-order valence-electron chi connectivity index (χ3n) is 7.51. The number of furan rings is 1. The zero-order valence-corrected chi connectivity index (χ0v) is 22.1. The zero-order chi connectivity index (χ0) is 27.2. The molecule has 0 aliphatic rings. The summed E-state index contributed by atoms with van der Waals surface area (Å²) >= 11 is 0. The third kappa shape index (κ3) is 3.97. The second-order valence-corrected chi connectivity index (χ2v) is 10.0. The molecule has 2 heterocycles. The molecule has 41 heavy (non-hydrogen) atoms. The quantitative estimate of drug-likeness (QED) is 0.223. The number of hydrogen-bond donors (Lipinski definition) is 0. The van der Waals surface area contributed by atoms with Gasteiger partial charge in [0.05, 0.1) is 11.1 Å². The van der Waals surface area contributed by atoms with Crippen LogP contribution in [0.2, 0.25) is 0 Å². The molecule has 8 rings (SSSR count). The van der Waals surface area contributed by atoms with Crippen molar-refractivity contribution >= 4 is 50.1 Å². The third-order valence-corrected chi connectivity index (χ3v) is 7.51. The van der Waals surface area contributed by atoms with Crippen molar-refractivity contribution in [3.8, 4) is 22.6 Å². The summed E-state index contributed by atoms with van der Waals surface area (Å²) in [6, 6.07) is 49.7. The Hall–Kier alpha value is -5.61. The normalized spacial score (nSPS) is 11.4. The van der Waals surface area contributed by atoms with Crippen molar-refractivity contribution < 1.29 is 8.83 Å². The Balaban J connectivity index is 1.37. The first-order valence-electron chi connectivity index (χ1n) is 13.6. The number of benzene rings is 6. The molecule has 0 saturated heterocycles. The average Bonchev–Trinajstić information content (AvgIpc) is 3.65. The molecule has 0 fully saturated rings. The summed E-state index contributed by atoms with van der Waals surface area (Å²) in [5, 5.41) is 1.99. The van der Waals surface area contributed by atoms with Crippen LogP contribution in [0.25, 0.3) is 55.6 Å². The van der Waals surface area contributed by atoms with Crippen LogP contribution in [0.15, 0.2) is 154 Å². The van der Waals surface area contributed by atoms with E-state index in [-0.39, 0.29) is 0 Å². The molecule has 0 bridgehead atoms. The fourth-order valence-corrected chi connectivity index (χ4v) is 5.64. The Kier molecular flexibility index (Phi) is 5.42. The highest BCUT2D eigenvalue weighted by molar-refractivity contribution is 6.18. The predicted molar refractivity (Wildman–Crippen MR) is 167 cm³/mol. The first-order valence-corrected chi connectivity index (χ1v) is 13.6. The van der Waals surface area contributed by atoms with Crippen molar-refractivity contribution in [1.82, 2.24) is 4.98 Å². The Labute approximate surface area is 236 Å². The van der Waals surface area contributed by atoms with E-state index in [1.165, 1.54) is 11.1 Å². The summed E-state index contributed by atoms with van der Waals surface area (Å²) in [6.45, 7) is 0. The van der Waals surface area contributed by atoms with Gasteiger partial charge in [-0.15, -0.1) is 0 Å². The Bertz CT molecular complexity index is 2110. The number of fused-ring (bicyclic) bond motifs is 4. The standard InChI is InChI=1S/C37H24N2O2/c1-3-11-25(12-4-1)26-21-23-28(24-22-26)39(27-13-5-2-6-14-27)31-17-10-20-34-36(31)35-29(15-9-19-33(35)40-34)37-38-30-16-7-8-18-32(30)41-37/h1-24H. The van der Waals surface area contributed by atoms with E-state index in [1.54, 1.807) is 0 Å². The molecule has 6 aromatic carbocycles. The summed E-state index contributed by atoms with van der Waals surface area (Å²) in [4.78, 5) is 7.11. The lowest BCUT2D eigenvalue weighted by Gasteiger charge is -2.26. The van der Waals surface area contributed by atoms with Gasteiger partial charge in [-0.3, -0.25) is 0 Å². The first kappa shape index (κ1) is 23.3. The minimum atomic E-state index is 0.577. The van der Waals surface area contributed by atoms with Crippen LogP contribution in [0.4, 0.5) is 17.1 Å². The minimum absolute atomic E-state index is 0.577. The van der Waals surface area contributed by atoms with Gasteiger partial charge in [-0.2, -0.15) is 0 Å². The van der Waals surface area contributed by atoms with Crippen molar-refractivity contribution in [3.05, 3.63) is 146 Å². The lowest BCUT2D eigenvalue weighted by Crippen LogP contribution is -2.10. The van der Waals surface area contributed by atoms with E-state index in [0.29, 0.717) is 5.89 Å². The summed E-state index contributed by atoms with van der Waals surface area (Å²) < 4.78 is 12.7. The molecular formula is C37H24N2O2. The smallest absolute Gasteiger partial charge is 0.228 e. The van der Waals surface area contributed by atoms with Crippen molar-refractivity contribution in [3.63, 3.8) is 0 Å². The van der Waals surface area contributed by atoms with E-state index in [1.807, 2.05) is 60.7 Å². The summed E-state index contributed by atoms with van der Waals surface area (Å²) in [6.07, 6.45) is 0. The highest BCUT2D eigenvalue weighted by Crippen LogP contribution is 2.45. The van der Waals surface area contributed by atoms with Crippen molar-refractivity contribution in [2.75, 3.05) is 4.90 Å². The summed E-state index contributed by atoms with van der Waals surface area (Å²) in [5.74, 6) is 0.577. The van der Waals surface area contributed by atoms with E-state index in [2.05, 4.69) is 89.8 Å². The number of nitrogens with zero attached hydrogens (tertiary/aromatic N) is 2. The van der Waals surface area contributed by atoms with Crippen LogP contribution in [-0.4, -0.2) is 4.98 Å². The van der Waals surface area contributed by atoms with Crippen LogP contribution >= 0.6 is 0 Å². The molecule has 0 amide bonds. The molecule has 0 unspecified atom stereocenters. The van der Waals surface area contributed by atoms with Crippen LogP contribution < -0.4 is 4.90 Å². The van der Waals surface area contributed by atoms with Gasteiger partial charge < -0.3 is 13.7 Å². The van der Waals surface area contributed by atoms with Crippen molar-refractivity contribution in [2.45, 2.75) is 0 Å². The van der Waals surface area contributed by atoms with E-state index in [9.17, 15) is 0 Å². The fraction of sp³-hybridized carbons (Fsp3) is 0. The molecule has 0 aliphatic carbocycles. The molecule has 2 aromatic heterocycles. The number of oxazole rings is 1. The van der Waals surface area contributed by atoms with Gasteiger partial charge >= 0.3 is 0 Å². The number of anilines is 3. The van der Waals surface area contributed by atoms with E-state index < -0.39 is 0 Å². The first-order chi connectivity index (χ1) is 20.3. The van der Waals surface area contributed by atoms with Crippen molar-refractivity contribution in [1.29, 1.82) is 0 Å². The Morgan fingerprint density at radius 1 is 0.439 bits per heavy atom. The lowest BCUT2D eigenvalue weighted by atomic mass is 10.0. The molecule has 4 heteroatoms. The Morgan fingerprint density at radius 2 is 1.05 bits per heavy atom. The van der Waals surface area contributed by atoms with Crippen LogP contribution in [0.3, 0.4) is 0 Å². The number of para-hydroxylation sites is 3. The maximum Gasteiger partial charge on any atom is 0.228 e. The van der Waals surface area contributed by atoms with Crippen LogP contribution in [0, 0.1) is 0 Å². The van der Waals surface area contributed by atoms with Crippen molar-refractivity contribution in [2.24, 2.45) is 0 Å². The molecule has 8 aromatic rings. The second kappa shape index (κ2) is 9.54. The lowest BCUT2D eigenvalue weighted by molar-refractivity contribution is 0.620. The molecule has 0 aliphatic heterocycles. The van der Waals surface area contributed by atoms with Gasteiger partial charge in [-0.05, 0) is 71.8 Å². The van der Waals surface area contributed by atoms with Gasteiger partial charge in [0.1, 0.15) is 16.7 Å². The van der Waals surface area contributed by atoms with Crippen LogP contribution in [-0.2, 0) is 0 Å². The summed E-state index contributed by atoms with van der Waals surface area (Å²) in [5.41, 5.74) is 9.58. The predicted octanol–water partition coefficient (Wildman–Crippen LogP) is 10.5. The molecule has 0 saturated carbocycles. The molecule has 4 nitrogen and oxygen atoms in total. The second-order valence-electron chi connectivity index (χ2n) is 10.0. The monoisotopic (exact) mass is 528 g/mol. The van der Waals surface area contributed by atoms with E-state index in [0.717, 1.165) is 55.7 Å². The fourth-order valence-electron chi connectivity index (χ4n) is 5.64. The minimum Gasteiger partial charge on any atom is -0.456 e. The van der Waals surface area contributed by atoms with Crippen LogP contribution in [0.5, 0.6) is 0 Å². The molecular weight excluding hydrogens is 504 g/mol. The Morgan fingerprint density at radius 3 is 1.83 bits per heavy atom. The van der Waals surface area contributed by atoms with Crippen LogP contribution in [0.1, 0.15) is 0 Å². The molecule has 0 atom stereocenters. The van der Waals surface area contributed by atoms with Gasteiger partial charge in [-0.1, -0.05) is 84.9 Å². The van der Waals surface area contributed by atoms with E-state index in [4.69, 9.17) is 13.8 Å². The summed E-state index contributed by atoms with van der Waals surface area (Å²) in [7, 11) is 0. The topological polar surface area (TPSA) is 42.4 Å². The van der Waals surface area contributed by atoms with Gasteiger partial charge in [0.2, 0.25) is 5.89 Å². The molecule has 194 valence electrons. The van der Waals surface area contributed by atoms with Gasteiger partial charge in [-0.25, -0.2) is 4.98 Å². The van der Waals surface area contributed by atoms with E-state index >= 15 is 0 Å². The maximum absolute atomic E-state index is 6.43. The highest BCUT2D eigenvalue weighted by Gasteiger charge is 2.22. The van der Waals surface area contributed by atoms with Gasteiger partial charge in [0.15, 0.2) is 5.58 Å². The average molecular weight is 529 g/mol. The SMILES string of the molecule is c1ccc(-c2ccc(N(c3ccccc3)c3cccc4oc5cccc(-c6nc7ccccc7o6)c5c34)cc2)cc1. The highest BCUT2D eigenvalue weighted by atomic mass is 16.3. The molecule has 0 spiro atoms. The largest absolute Gasteiger partial charge is 0.456 e. The number of rotatable bonds is 5. The number of hydrogen-bond acceptors (Lipinski definition) is 4. The molecule has 0 radical (unpaired) electrons. The maximum atomic E-state index is 6.43. The van der Waals surface area contributed by atoms with Gasteiger partial charge in [0, 0.05) is 22.3 Å². The zero-order valence-electron chi connectivity index (χ0n) is 22.1. The van der Waals surface area contributed by atoms with Gasteiger partial charge in [0.25, 0.3) is 0 Å². The molecule has 0 N–H and O–H groups in total. The number of aromatic nitrogens is 1.